The quantitative estimate of drug-likeness (QED) is 0.745. The molecule has 1 saturated heterocycles. The van der Waals surface area contributed by atoms with E-state index in [2.05, 4.69) is 0 Å². The molecule has 2 atom stereocenters. The average molecular weight is 247 g/mol. The van der Waals surface area contributed by atoms with Gasteiger partial charge in [-0.1, -0.05) is 0 Å². The minimum absolute atomic E-state index is 0.332. The zero-order valence-corrected chi connectivity index (χ0v) is 9.77. The molecule has 0 bridgehead atoms. The van der Waals surface area contributed by atoms with Gasteiger partial charge in [-0.25, -0.2) is 18.9 Å². The number of rotatable bonds is 1. The molecule has 0 aliphatic carbocycles. The number of carbonyl (C=O) groups excluding carboxylic acids is 2. The van der Waals surface area contributed by atoms with Crippen LogP contribution >= 0.6 is 0 Å². The van der Waals surface area contributed by atoms with E-state index in [4.69, 9.17) is 9.84 Å². The molecule has 1 fully saturated rings. The molecule has 0 aromatic rings. The molecule has 2 unspecified atom stereocenters. The lowest BCUT2D eigenvalue weighted by Crippen LogP contribution is -2.45. The van der Waals surface area contributed by atoms with Gasteiger partial charge in [0.15, 0.2) is 6.17 Å². The summed E-state index contributed by atoms with van der Waals surface area (Å²) in [7, 11) is 0. The first-order valence-corrected chi connectivity index (χ1v) is 5.06. The van der Waals surface area contributed by atoms with Crippen LogP contribution in [0.1, 0.15) is 27.2 Å². The molecule has 96 valence electrons. The number of hydrogen-bond donors (Lipinski definition) is 1. The van der Waals surface area contributed by atoms with Crippen molar-refractivity contribution < 1.29 is 28.6 Å². The van der Waals surface area contributed by atoms with Crippen molar-refractivity contribution in [2.75, 3.05) is 0 Å². The number of ether oxygens (including phenoxy) is 1. The number of carboxylic acid groups (broad SMARTS) is 1. The van der Waals surface area contributed by atoms with E-state index in [1.165, 1.54) is 0 Å². The number of likely N-dealkylation sites (tertiary alicyclic amines) is 1. The second-order valence-corrected chi connectivity index (χ2v) is 4.75. The Morgan fingerprint density at radius 1 is 1.47 bits per heavy atom. The maximum absolute atomic E-state index is 13.1. The summed E-state index contributed by atoms with van der Waals surface area (Å²) in [5.74, 6) is -2.59. The van der Waals surface area contributed by atoms with Crippen LogP contribution in [0.5, 0.6) is 0 Å². The van der Waals surface area contributed by atoms with E-state index >= 15 is 0 Å². The van der Waals surface area contributed by atoms with E-state index in [0.29, 0.717) is 4.90 Å². The molecule has 1 aliphatic heterocycles. The molecule has 0 aromatic heterocycles. The first-order valence-electron chi connectivity index (χ1n) is 5.06. The number of nitrogens with zero attached hydrogens (tertiary/aromatic N) is 1. The largest absolute Gasteiger partial charge is 0.480 e. The second-order valence-electron chi connectivity index (χ2n) is 4.75. The molecule has 7 heteroatoms. The Morgan fingerprint density at radius 2 is 2.00 bits per heavy atom. The van der Waals surface area contributed by atoms with E-state index in [9.17, 15) is 18.8 Å². The zero-order valence-electron chi connectivity index (χ0n) is 9.77. The van der Waals surface area contributed by atoms with Crippen molar-refractivity contribution in [1.82, 2.24) is 4.90 Å². The third kappa shape index (κ3) is 2.92. The van der Waals surface area contributed by atoms with Gasteiger partial charge < -0.3 is 9.84 Å². The standard InChI is InChI=1S/C10H14FNO5/c1-10(2,3)17-9(16)12-6(8(14)15)4-5(11)7(12)13/h5-6H,4H2,1-3H3,(H,14,15). The van der Waals surface area contributed by atoms with Gasteiger partial charge >= 0.3 is 12.1 Å². The first kappa shape index (κ1) is 13.4. The topological polar surface area (TPSA) is 83.9 Å². The van der Waals surface area contributed by atoms with E-state index in [-0.39, 0.29) is 0 Å². The van der Waals surface area contributed by atoms with Crippen LogP contribution in [-0.2, 0) is 14.3 Å². The van der Waals surface area contributed by atoms with Crippen LogP contribution in [-0.4, -0.2) is 45.8 Å². The number of hydrogen-bond acceptors (Lipinski definition) is 4. The summed E-state index contributed by atoms with van der Waals surface area (Å²) in [6, 6.07) is -1.49. The number of imide groups is 1. The van der Waals surface area contributed by atoms with Crippen molar-refractivity contribution in [3.63, 3.8) is 0 Å². The summed E-state index contributed by atoms with van der Waals surface area (Å²) in [4.78, 5) is 34.1. The highest BCUT2D eigenvalue weighted by Gasteiger charge is 2.48. The Balaban J connectivity index is 2.89. The summed E-state index contributed by atoms with van der Waals surface area (Å²) in [5, 5.41) is 8.80. The van der Waals surface area contributed by atoms with E-state index in [1.54, 1.807) is 20.8 Å². The van der Waals surface area contributed by atoms with Gasteiger partial charge in [-0.05, 0) is 20.8 Å². The van der Waals surface area contributed by atoms with Gasteiger partial charge in [-0.15, -0.1) is 0 Å². The molecule has 0 radical (unpaired) electrons. The fraction of sp³-hybridized carbons (Fsp3) is 0.700. The molecule has 6 nitrogen and oxygen atoms in total. The second kappa shape index (κ2) is 4.31. The smallest absolute Gasteiger partial charge is 0.417 e. The predicted octanol–water partition coefficient (Wildman–Crippen LogP) is 0.945. The van der Waals surface area contributed by atoms with Gasteiger partial charge in [-0.3, -0.25) is 4.79 Å². The van der Waals surface area contributed by atoms with Crippen molar-refractivity contribution in [3.05, 3.63) is 0 Å². The number of alkyl halides is 1. The van der Waals surface area contributed by atoms with E-state index < -0.39 is 42.2 Å². The Bertz CT molecular complexity index is 362. The monoisotopic (exact) mass is 247 g/mol. The third-order valence-electron chi connectivity index (χ3n) is 2.12. The lowest BCUT2D eigenvalue weighted by Gasteiger charge is -2.25. The minimum atomic E-state index is -1.97. The molecule has 0 spiro atoms. The number of halogens is 1. The normalized spacial score (nSPS) is 24.9. The highest BCUT2D eigenvalue weighted by Crippen LogP contribution is 2.24. The summed E-state index contributed by atoms with van der Waals surface area (Å²) >= 11 is 0. The Kier molecular flexibility index (Phi) is 3.40. The van der Waals surface area contributed by atoms with Crippen molar-refractivity contribution >= 4 is 18.0 Å². The fourth-order valence-electron chi connectivity index (χ4n) is 1.45. The molecule has 0 aromatic carbocycles. The van der Waals surface area contributed by atoms with Crippen molar-refractivity contribution in [3.8, 4) is 0 Å². The summed E-state index contributed by atoms with van der Waals surface area (Å²) in [5.41, 5.74) is -0.880. The zero-order chi connectivity index (χ0) is 13.4. The first-order chi connectivity index (χ1) is 7.63. The lowest BCUT2D eigenvalue weighted by molar-refractivity contribution is -0.146. The molecular formula is C10H14FNO5. The molecule has 1 aliphatic rings. The maximum Gasteiger partial charge on any atom is 0.417 e. The van der Waals surface area contributed by atoms with Gasteiger partial charge in [-0.2, -0.15) is 0 Å². The van der Waals surface area contributed by atoms with Crippen molar-refractivity contribution in [2.24, 2.45) is 0 Å². The van der Waals surface area contributed by atoms with Crippen LogP contribution in [0.3, 0.4) is 0 Å². The van der Waals surface area contributed by atoms with E-state index in [0.717, 1.165) is 0 Å². The number of amides is 2. The van der Waals surface area contributed by atoms with Gasteiger partial charge in [0.05, 0.1) is 0 Å². The van der Waals surface area contributed by atoms with Gasteiger partial charge in [0.1, 0.15) is 11.6 Å². The van der Waals surface area contributed by atoms with Gasteiger partial charge in [0, 0.05) is 6.42 Å². The summed E-state index contributed by atoms with van der Waals surface area (Å²) < 4.78 is 18.0. The van der Waals surface area contributed by atoms with Crippen molar-refractivity contribution in [1.29, 1.82) is 0 Å². The van der Waals surface area contributed by atoms with Crippen LogP contribution in [0.4, 0.5) is 9.18 Å². The molecule has 1 heterocycles. The highest BCUT2D eigenvalue weighted by molar-refractivity contribution is 6.01. The summed E-state index contributed by atoms with van der Waals surface area (Å²) in [6.07, 6.45) is -3.63. The van der Waals surface area contributed by atoms with Gasteiger partial charge in [0.2, 0.25) is 0 Å². The maximum atomic E-state index is 13.1. The van der Waals surface area contributed by atoms with Crippen LogP contribution in [0.2, 0.25) is 0 Å². The SMILES string of the molecule is CC(C)(C)OC(=O)N1C(=O)C(F)CC1C(=O)O. The highest BCUT2D eigenvalue weighted by atomic mass is 19.1. The predicted molar refractivity (Wildman–Crippen MR) is 54.0 cm³/mol. The molecule has 1 N–H and O–H groups in total. The van der Waals surface area contributed by atoms with Crippen molar-refractivity contribution in [2.45, 2.75) is 45.0 Å². The van der Waals surface area contributed by atoms with Gasteiger partial charge in [0.25, 0.3) is 5.91 Å². The number of aliphatic carboxylic acids is 1. The number of carbonyl (C=O) groups is 3. The van der Waals surface area contributed by atoms with Crippen LogP contribution < -0.4 is 0 Å². The van der Waals surface area contributed by atoms with Crippen LogP contribution in [0.25, 0.3) is 0 Å². The Morgan fingerprint density at radius 3 is 2.41 bits per heavy atom. The molecule has 2 amide bonds. The molecule has 0 saturated carbocycles. The molecule has 17 heavy (non-hydrogen) atoms. The average Bonchev–Trinajstić information content (AvgIpc) is 2.40. The molecule has 1 rings (SSSR count). The third-order valence-corrected chi connectivity index (χ3v) is 2.12. The van der Waals surface area contributed by atoms with Crippen LogP contribution in [0.15, 0.2) is 0 Å². The summed E-state index contributed by atoms with van der Waals surface area (Å²) in [6.45, 7) is 4.69. The molecular weight excluding hydrogens is 233 g/mol. The minimum Gasteiger partial charge on any atom is -0.480 e. The Labute approximate surface area is 97.3 Å². The Hall–Kier alpha value is -1.66. The number of carboxylic acids is 1. The van der Waals surface area contributed by atoms with Crippen LogP contribution in [0, 0.1) is 0 Å². The lowest BCUT2D eigenvalue weighted by atomic mass is 10.2. The fourth-order valence-corrected chi connectivity index (χ4v) is 1.45. The van der Waals surface area contributed by atoms with E-state index in [1.807, 2.05) is 0 Å².